The topological polar surface area (TPSA) is 35.0 Å². The van der Waals surface area contributed by atoms with E-state index in [9.17, 15) is 0 Å². The van der Waals surface area contributed by atoms with Gasteiger partial charge in [-0.2, -0.15) is 0 Å². The van der Waals surface area contributed by atoms with E-state index in [1.54, 1.807) is 0 Å². The molecule has 1 aliphatic heterocycles. The summed E-state index contributed by atoms with van der Waals surface area (Å²) >= 11 is 0. The predicted molar refractivity (Wildman–Crippen MR) is 219 cm³/mol. The quantitative estimate of drug-likeness (QED) is 0.185. The van der Waals surface area contributed by atoms with Crippen molar-refractivity contribution >= 4 is 10.8 Å². The number of nitrogens with zero attached hydrogens (tertiary/aromatic N) is 2. The standard InChI is InChI=1S/C51H32N2O/c1-3-13-33(14-4-1)34-23-25-36(26-24-34)47-32-46(35-15-5-2-6-16-35)52-50(53-47)39-27-28-44-48(31-39)54-49-30-38-18-8-7-17-37(38)29-45(49)51(44)42-21-11-9-19-40(42)41-20-10-12-22-43(41)51/h1-32H. The molecule has 54 heavy (non-hydrogen) atoms. The van der Waals surface area contributed by atoms with Crippen LogP contribution in [0.3, 0.4) is 0 Å². The molecule has 0 saturated carbocycles. The molecule has 252 valence electrons. The second-order valence-electron chi connectivity index (χ2n) is 14.1. The van der Waals surface area contributed by atoms with Gasteiger partial charge in [-0.25, -0.2) is 9.97 Å². The average molecular weight is 689 g/mol. The van der Waals surface area contributed by atoms with Crippen molar-refractivity contribution in [3.05, 3.63) is 216 Å². The first-order valence-electron chi connectivity index (χ1n) is 18.4. The van der Waals surface area contributed by atoms with E-state index in [2.05, 4.69) is 182 Å². The molecule has 2 heterocycles. The average Bonchev–Trinajstić information content (AvgIpc) is 3.54. The normalized spacial score (nSPS) is 13.1. The van der Waals surface area contributed by atoms with Gasteiger partial charge in [-0.15, -0.1) is 0 Å². The Labute approximate surface area is 313 Å². The van der Waals surface area contributed by atoms with E-state index >= 15 is 0 Å². The number of hydrogen-bond donors (Lipinski definition) is 0. The smallest absolute Gasteiger partial charge is 0.160 e. The third-order valence-corrected chi connectivity index (χ3v) is 11.2. The zero-order chi connectivity index (χ0) is 35.6. The molecule has 11 rings (SSSR count). The van der Waals surface area contributed by atoms with Crippen molar-refractivity contribution < 1.29 is 4.74 Å². The fourth-order valence-electron chi connectivity index (χ4n) is 8.68. The number of aromatic nitrogens is 2. The maximum absolute atomic E-state index is 6.99. The van der Waals surface area contributed by atoms with Crippen molar-refractivity contribution in [2.24, 2.45) is 0 Å². The van der Waals surface area contributed by atoms with Gasteiger partial charge < -0.3 is 4.74 Å². The van der Waals surface area contributed by atoms with Gasteiger partial charge in [0, 0.05) is 27.8 Å². The van der Waals surface area contributed by atoms with Crippen molar-refractivity contribution in [3.8, 4) is 67.7 Å². The van der Waals surface area contributed by atoms with Crippen molar-refractivity contribution in [1.82, 2.24) is 9.97 Å². The van der Waals surface area contributed by atoms with Crippen LogP contribution in [-0.4, -0.2) is 9.97 Å². The summed E-state index contributed by atoms with van der Waals surface area (Å²) in [5.74, 6) is 2.32. The molecule has 8 aromatic carbocycles. The van der Waals surface area contributed by atoms with E-state index in [1.807, 2.05) is 12.1 Å². The lowest BCUT2D eigenvalue weighted by atomic mass is 9.65. The van der Waals surface area contributed by atoms with Crippen LogP contribution in [0.25, 0.3) is 66.9 Å². The summed E-state index contributed by atoms with van der Waals surface area (Å²) < 4.78 is 6.99. The first kappa shape index (κ1) is 30.5. The summed E-state index contributed by atoms with van der Waals surface area (Å²) in [5, 5.41) is 2.34. The molecule has 0 fully saturated rings. The molecule has 0 saturated heterocycles. The van der Waals surface area contributed by atoms with Gasteiger partial charge >= 0.3 is 0 Å². The molecule has 1 spiro atoms. The Morgan fingerprint density at radius 2 is 0.815 bits per heavy atom. The fourth-order valence-corrected chi connectivity index (χ4v) is 8.68. The van der Waals surface area contributed by atoms with Crippen LogP contribution >= 0.6 is 0 Å². The lowest BCUT2D eigenvalue weighted by Gasteiger charge is -2.39. The summed E-state index contributed by atoms with van der Waals surface area (Å²) in [6.45, 7) is 0. The van der Waals surface area contributed by atoms with Crippen LogP contribution in [0.5, 0.6) is 11.5 Å². The summed E-state index contributed by atoms with van der Waals surface area (Å²) in [4.78, 5) is 10.4. The molecule has 2 aliphatic rings. The van der Waals surface area contributed by atoms with Crippen LogP contribution in [0.2, 0.25) is 0 Å². The monoisotopic (exact) mass is 688 g/mol. The molecular weight excluding hydrogens is 657 g/mol. The maximum atomic E-state index is 6.99. The first-order chi connectivity index (χ1) is 26.7. The van der Waals surface area contributed by atoms with Crippen LogP contribution in [0, 0.1) is 0 Å². The second kappa shape index (κ2) is 12.0. The van der Waals surface area contributed by atoms with Gasteiger partial charge in [-0.1, -0.05) is 170 Å². The Bertz CT molecular complexity index is 2850. The second-order valence-corrected chi connectivity index (χ2v) is 14.1. The Morgan fingerprint density at radius 3 is 1.48 bits per heavy atom. The highest BCUT2D eigenvalue weighted by Gasteiger charge is 2.51. The minimum atomic E-state index is -0.558. The van der Waals surface area contributed by atoms with Crippen LogP contribution in [-0.2, 0) is 5.41 Å². The number of fused-ring (bicyclic) bond motifs is 10. The highest BCUT2D eigenvalue weighted by molar-refractivity contribution is 5.93. The van der Waals surface area contributed by atoms with Gasteiger partial charge in [-0.3, -0.25) is 0 Å². The zero-order valence-corrected chi connectivity index (χ0v) is 29.3. The molecule has 0 N–H and O–H groups in total. The van der Waals surface area contributed by atoms with Gasteiger partial charge in [0.15, 0.2) is 5.82 Å². The minimum absolute atomic E-state index is 0.558. The molecule has 3 heteroatoms. The number of rotatable bonds is 4. The van der Waals surface area contributed by atoms with E-state index < -0.39 is 5.41 Å². The summed E-state index contributed by atoms with van der Waals surface area (Å²) in [6.07, 6.45) is 0. The van der Waals surface area contributed by atoms with E-state index in [1.165, 1.54) is 38.8 Å². The van der Waals surface area contributed by atoms with E-state index in [0.717, 1.165) is 56.1 Å². The summed E-state index contributed by atoms with van der Waals surface area (Å²) in [7, 11) is 0. The van der Waals surface area contributed by atoms with Crippen LogP contribution in [0.1, 0.15) is 22.3 Å². The molecule has 0 radical (unpaired) electrons. The highest BCUT2D eigenvalue weighted by Crippen LogP contribution is 2.62. The van der Waals surface area contributed by atoms with Gasteiger partial charge in [0.2, 0.25) is 0 Å². The number of ether oxygens (including phenoxy) is 1. The first-order valence-corrected chi connectivity index (χ1v) is 18.4. The van der Waals surface area contributed by atoms with Crippen LogP contribution < -0.4 is 4.74 Å². The third kappa shape index (κ3) is 4.62. The maximum Gasteiger partial charge on any atom is 0.160 e. The van der Waals surface area contributed by atoms with E-state index in [0.29, 0.717) is 5.82 Å². The van der Waals surface area contributed by atoms with E-state index in [4.69, 9.17) is 14.7 Å². The number of benzene rings is 8. The molecule has 1 aliphatic carbocycles. The van der Waals surface area contributed by atoms with Crippen LogP contribution in [0.4, 0.5) is 0 Å². The molecule has 0 atom stereocenters. The van der Waals surface area contributed by atoms with E-state index in [-0.39, 0.29) is 0 Å². The van der Waals surface area contributed by atoms with Crippen molar-refractivity contribution in [2.45, 2.75) is 5.41 Å². The minimum Gasteiger partial charge on any atom is -0.457 e. The van der Waals surface area contributed by atoms with Crippen molar-refractivity contribution in [1.29, 1.82) is 0 Å². The zero-order valence-electron chi connectivity index (χ0n) is 29.3. The van der Waals surface area contributed by atoms with Gasteiger partial charge in [0.1, 0.15) is 11.5 Å². The fraction of sp³-hybridized carbons (Fsp3) is 0.0196. The molecule has 0 unspecified atom stereocenters. The molecule has 0 amide bonds. The molecular formula is C51H32N2O. The number of hydrogen-bond acceptors (Lipinski definition) is 3. The van der Waals surface area contributed by atoms with Crippen molar-refractivity contribution in [3.63, 3.8) is 0 Å². The van der Waals surface area contributed by atoms with Gasteiger partial charge in [-0.05, 0) is 68.4 Å². The molecule has 3 nitrogen and oxygen atoms in total. The van der Waals surface area contributed by atoms with Crippen LogP contribution in [0.15, 0.2) is 194 Å². The molecule has 1 aromatic heterocycles. The van der Waals surface area contributed by atoms with Gasteiger partial charge in [0.05, 0.1) is 16.8 Å². The Morgan fingerprint density at radius 1 is 0.333 bits per heavy atom. The lowest BCUT2D eigenvalue weighted by Crippen LogP contribution is -2.32. The Hall–Kier alpha value is -7.10. The highest BCUT2D eigenvalue weighted by atomic mass is 16.5. The largest absolute Gasteiger partial charge is 0.457 e. The lowest BCUT2D eigenvalue weighted by molar-refractivity contribution is 0.437. The molecule has 0 bridgehead atoms. The Kier molecular flexibility index (Phi) is 6.77. The summed E-state index contributed by atoms with van der Waals surface area (Å²) in [5.41, 5.74) is 13.8. The van der Waals surface area contributed by atoms with Gasteiger partial charge in [0.25, 0.3) is 0 Å². The predicted octanol–water partition coefficient (Wildman–Crippen LogP) is 12.8. The SMILES string of the molecule is c1ccc(-c2ccc(-c3cc(-c4ccccc4)nc(-c4ccc5c(c4)Oc4cc6ccccc6cc4C54c5ccccc5-c5ccccc54)n3)cc2)cc1. The summed E-state index contributed by atoms with van der Waals surface area (Å²) in [6, 6.07) is 68.9. The third-order valence-electron chi connectivity index (χ3n) is 11.2. The molecule has 9 aromatic rings. The van der Waals surface area contributed by atoms with Crippen molar-refractivity contribution in [2.75, 3.05) is 0 Å². The Balaban J connectivity index is 1.11.